The third kappa shape index (κ3) is 5.79. The number of rotatable bonds is 3. The Bertz CT molecular complexity index is 1230. The van der Waals surface area contributed by atoms with E-state index in [0.717, 1.165) is 0 Å². The molecule has 0 aliphatic carbocycles. The van der Waals surface area contributed by atoms with Crippen LogP contribution in [0.5, 0.6) is 23.0 Å². The van der Waals surface area contributed by atoms with Crippen molar-refractivity contribution in [2.45, 2.75) is 63.9 Å². The van der Waals surface area contributed by atoms with Gasteiger partial charge in [-0.3, -0.25) is 9.59 Å². The number of esters is 2. The number of fused-ring (bicyclic) bond motifs is 2. The van der Waals surface area contributed by atoms with Crippen LogP contribution in [-0.2, 0) is 14.3 Å². The lowest BCUT2D eigenvalue weighted by molar-refractivity contribution is -0.135. The summed E-state index contributed by atoms with van der Waals surface area (Å²) >= 11 is 0. The highest BCUT2D eigenvalue weighted by molar-refractivity contribution is 5.98. The zero-order chi connectivity index (χ0) is 26.5. The van der Waals surface area contributed by atoms with Gasteiger partial charge < -0.3 is 24.1 Å². The van der Waals surface area contributed by atoms with E-state index < -0.39 is 24.0 Å². The Hall–Kier alpha value is -3.81. The van der Waals surface area contributed by atoms with Crippen molar-refractivity contribution in [1.29, 1.82) is 0 Å². The van der Waals surface area contributed by atoms with Crippen LogP contribution < -0.4 is 14.2 Å². The molecule has 2 heterocycles. The number of hydrogen-bond acceptors (Lipinski definition) is 8. The predicted octanol–water partition coefficient (Wildman–Crippen LogP) is 5.33. The fourth-order valence-corrected chi connectivity index (χ4v) is 4.90. The Balaban J connectivity index is 1.85. The molecule has 1 N–H and O–H groups in total. The number of Topliss-reactive ketones (excluding diaryl/α,β-unsaturated/α-hetero) is 1. The van der Waals surface area contributed by atoms with Crippen LogP contribution in [0.4, 0.5) is 0 Å². The van der Waals surface area contributed by atoms with Crippen LogP contribution >= 0.6 is 0 Å². The number of benzene rings is 2. The molecular weight excluding hydrogens is 476 g/mol. The molecule has 0 fully saturated rings. The monoisotopic (exact) mass is 508 g/mol. The van der Waals surface area contributed by atoms with Crippen molar-refractivity contribution in [3.8, 4) is 23.0 Å². The molecule has 0 bridgehead atoms. The minimum atomic E-state index is -0.677. The first-order valence-corrected chi connectivity index (χ1v) is 12.5. The van der Waals surface area contributed by atoms with Crippen LogP contribution in [0.25, 0.3) is 6.08 Å². The second kappa shape index (κ2) is 11.5. The normalized spacial score (nSPS) is 20.7. The van der Waals surface area contributed by atoms with Gasteiger partial charge in [0.2, 0.25) is 0 Å². The number of cyclic esters (lactones) is 1. The van der Waals surface area contributed by atoms with Crippen LogP contribution in [0.3, 0.4) is 0 Å². The van der Waals surface area contributed by atoms with Gasteiger partial charge in [-0.1, -0.05) is 12.2 Å². The summed E-state index contributed by atoms with van der Waals surface area (Å²) < 4.78 is 22.1. The summed E-state index contributed by atoms with van der Waals surface area (Å²) in [6.07, 6.45) is 6.45. The van der Waals surface area contributed by atoms with Crippen molar-refractivity contribution in [3.05, 3.63) is 52.6 Å². The van der Waals surface area contributed by atoms with Gasteiger partial charge in [0.05, 0.1) is 26.7 Å². The highest BCUT2D eigenvalue weighted by atomic mass is 16.5. The van der Waals surface area contributed by atoms with E-state index in [1.54, 1.807) is 37.3 Å². The van der Waals surface area contributed by atoms with Gasteiger partial charge in [0, 0.05) is 29.9 Å². The number of hydrogen-bond donors (Lipinski definition) is 1. The van der Waals surface area contributed by atoms with Crippen molar-refractivity contribution in [1.82, 2.24) is 0 Å². The summed E-state index contributed by atoms with van der Waals surface area (Å²) in [4.78, 5) is 38.1. The third-order valence-electron chi connectivity index (χ3n) is 6.79. The Morgan fingerprint density at radius 1 is 1.03 bits per heavy atom. The van der Waals surface area contributed by atoms with Gasteiger partial charge in [0.25, 0.3) is 0 Å². The van der Waals surface area contributed by atoms with Crippen LogP contribution in [0.1, 0.15) is 84.8 Å². The van der Waals surface area contributed by atoms with Gasteiger partial charge in [0.1, 0.15) is 34.3 Å². The second-order valence-electron chi connectivity index (χ2n) is 9.38. The molecule has 8 nitrogen and oxygen atoms in total. The summed E-state index contributed by atoms with van der Waals surface area (Å²) in [5.41, 5.74) is 1.33. The molecule has 2 aliphatic heterocycles. The number of carbonyl (C=O) groups is 3. The average Bonchev–Trinajstić information content (AvgIpc) is 2.86. The molecule has 8 heteroatoms. The number of allylic oxidation sites excluding steroid dienone is 1. The van der Waals surface area contributed by atoms with Crippen molar-refractivity contribution in [3.63, 3.8) is 0 Å². The number of phenols is 1. The molecule has 2 aromatic rings. The zero-order valence-corrected chi connectivity index (χ0v) is 21.4. The van der Waals surface area contributed by atoms with Crippen LogP contribution in [0.2, 0.25) is 0 Å². The van der Waals surface area contributed by atoms with Crippen LogP contribution in [0.15, 0.2) is 30.3 Å². The van der Waals surface area contributed by atoms with E-state index in [9.17, 15) is 19.5 Å². The van der Waals surface area contributed by atoms with E-state index >= 15 is 0 Å². The number of aromatic hydroxyl groups is 1. The van der Waals surface area contributed by atoms with Gasteiger partial charge in [-0.15, -0.1) is 0 Å². The standard InChI is InChI=1S/C29H32O8/c1-17-8-7-11-19(30)10-6-4-5-9-18-14-24-27(28(32)26(18)29(33)36-17)22(16-25(31)37-24)21-15-20(34-2)12-13-23(21)35-3/h5,9,12-15,17,22,32H,4,6-8,10-11,16H2,1-3H3/t17-,22-/m0/s1. The fourth-order valence-electron chi connectivity index (χ4n) is 4.90. The van der Waals surface area contributed by atoms with Gasteiger partial charge in [-0.05, 0) is 62.4 Å². The molecule has 2 atom stereocenters. The molecule has 2 aliphatic rings. The summed E-state index contributed by atoms with van der Waals surface area (Å²) in [5.74, 6) is -0.643. The van der Waals surface area contributed by atoms with Crippen molar-refractivity contribution in [2.24, 2.45) is 0 Å². The molecule has 0 radical (unpaired) electrons. The van der Waals surface area contributed by atoms with E-state index in [-0.39, 0.29) is 29.3 Å². The largest absolute Gasteiger partial charge is 0.507 e. The van der Waals surface area contributed by atoms with E-state index in [1.807, 2.05) is 6.08 Å². The molecule has 0 amide bonds. The van der Waals surface area contributed by atoms with Gasteiger partial charge in [0.15, 0.2) is 0 Å². The summed E-state index contributed by atoms with van der Waals surface area (Å²) in [5, 5.41) is 11.5. The molecule has 0 saturated carbocycles. The quantitative estimate of drug-likeness (QED) is 0.438. The third-order valence-corrected chi connectivity index (χ3v) is 6.79. The Morgan fingerprint density at radius 2 is 1.81 bits per heavy atom. The van der Waals surface area contributed by atoms with Crippen molar-refractivity contribution >= 4 is 23.8 Å². The first-order valence-electron chi connectivity index (χ1n) is 12.5. The van der Waals surface area contributed by atoms with E-state index in [1.165, 1.54) is 14.2 Å². The van der Waals surface area contributed by atoms with Gasteiger partial charge in [-0.2, -0.15) is 0 Å². The lowest BCUT2D eigenvalue weighted by atomic mass is 9.83. The molecule has 4 rings (SSSR count). The topological polar surface area (TPSA) is 108 Å². The smallest absolute Gasteiger partial charge is 0.342 e. The minimum Gasteiger partial charge on any atom is -0.507 e. The maximum Gasteiger partial charge on any atom is 0.342 e. The second-order valence-corrected chi connectivity index (χ2v) is 9.38. The maximum absolute atomic E-state index is 13.4. The Morgan fingerprint density at radius 3 is 2.57 bits per heavy atom. The van der Waals surface area contributed by atoms with Gasteiger partial charge in [-0.25, -0.2) is 4.79 Å². The van der Waals surface area contributed by atoms with E-state index in [0.29, 0.717) is 66.7 Å². The Labute approximate surface area is 216 Å². The number of ether oxygens (including phenoxy) is 4. The van der Waals surface area contributed by atoms with E-state index in [4.69, 9.17) is 18.9 Å². The summed E-state index contributed by atoms with van der Waals surface area (Å²) in [7, 11) is 3.06. The molecule has 0 aromatic heterocycles. The predicted molar refractivity (Wildman–Crippen MR) is 136 cm³/mol. The molecule has 37 heavy (non-hydrogen) atoms. The lowest BCUT2D eigenvalue weighted by Gasteiger charge is -2.28. The van der Waals surface area contributed by atoms with Gasteiger partial charge >= 0.3 is 11.9 Å². The van der Waals surface area contributed by atoms with Crippen LogP contribution in [0, 0.1) is 0 Å². The SMILES string of the molecule is COc1ccc(OC)c([C@@H]2CC(=O)Oc3cc4c(c(O)c32)C(=O)O[C@@H](C)CCCC(=O)CCCC=C4)c1. The number of ketones is 1. The van der Waals surface area contributed by atoms with Crippen LogP contribution in [-0.4, -0.2) is 43.2 Å². The van der Waals surface area contributed by atoms with Crippen molar-refractivity contribution < 1.29 is 38.4 Å². The maximum atomic E-state index is 13.4. The first kappa shape index (κ1) is 26.3. The highest BCUT2D eigenvalue weighted by Gasteiger charge is 2.37. The number of methoxy groups -OCH3 is 2. The summed E-state index contributed by atoms with van der Waals surface area (Å²) in [6.45, 7) is 1.77. The molecule has 2 aromatic carbocycles. The minimum absolute atomic E-state index is 0.0137. The number of phenolic OH excluding ortho intramolecular Hbond substituents is 1. The fraction of sp³-hybridized carbons (Fsp3) is 0.414. The van der Waals surface area contributed by atoms with Crippen molar-refractivity contribution in [2.75, 3.05) is 14.2 Å². The Kier molecular flexibility index (Phi) is 8.16. The lowest BCUT2D eigenvalue weighted by Crippen LogP contribution is -2.23. The number of carbonyl (C=O) groups excluding carboxylic acids is 3. The average molecular weight is 509 g/mol. The molecule has 0 unspecified atom stereocenters. The molecule has 196 valence electrons. The molecule has 0 saturated heterocycles. The molecule has 0 spiro atoms. The first-order chi connectivity index (χ1) is 17.8. The van der Waals surface area contributed by atoms with E-state index in [2.05, 4.69) is 0 Å². The summed E-state index contributed by atoms with van der Waals surface area (Å²) in [6, 6.07) is 6.80. The highest BCUT2D eigenvalue weighted by Crippen LogP contribution is 2.49. The zero-order valence-electron chi connectivity index (χ0n) is 21.4. The molecular formula is C29H32O8.